The fraction of sp³-hybridized carbons (Fsp3) is 0.261. The zero-order valence-electron chi connectivity index (χ0n) is 18.5. The third-order valence-corrected chi connectivity index (χ3v) is 5.53. The van der Waals surface area contributed by atoms with Crippen LogP contribution in [0.4, 0.5) is 24.0 Å². The second-order valence-electron chi connectivity index (χ2n) is 7.05. The Balaban J connectivity index is 1.68. The number of anilines is 2. The van der Waals surface area contributed by atoms with E-state index in [0.29, 0.717) is 22.8 Å². The molecule has 7 nitrogen and oxygen atoms in total. The number of nitrogens with zero attached hydrogens (tertiary/aromatic N) is 2. The van der Waals surface area contributed by atoms with Crippen molar-refractivity contribution < 1.29 is 37.0 Å². The van der Waals surface area contributed by atoms with Crippen LogP contribution in [0.25, 0.3) is 0 Å². The zero-order valence-corrected chi connectivity index (χ0v) is 19.3. The number of methoxy groups -OCH3 is 2. The lowest BCUT2D eigenvalue weighted by Gasteiger charge is -2.19. The highest BCUT2D eigenvalue weighted by Gasteiger charge is 2.31. The van der Waals surface area contributed by atoms with Gasteiger partial charge >= 0.3 is 12.1 Å². The number of esters is 1. The van der Waals surface area contributed by atoms with E-state index in [1.54, 1.807) is 23.6 Å². The Morgan fingerprint density at radius 3 is 2.44 bits per heavy atom. The van der Waals surface area contributed by atoms with Crippen LogP contribution in [0.2, 0.25) is 0 Å². The number of ether oxygens (including phenoxy) is 3. The van der Waals surface area contributed by atoms with E-state index < -0.39 is 23.6 Å². The van der Waals surface area contributed by atoms with Crippen molar-refractivity contribution in [2.24, 2.45) is 0 Å². The predicted molar refractivity (Wildman–Crippen MR) is 119 cm³/mol. The van der Waals surface area contributed by atoms with Gasteiger partial charge in [0, 0.05) is 12.3 Å². The fourth-order valence-corrected chi connectivity index (χ4v) is 3.95. The molecule has 180 valence electrons. The summed E-state index contributed by atoms with van der Waals surface area (Å²) in [5.41, 5.74) is 0.179. The van der Waals surface area contributed by atoms with Crippen LogP contribution in [-0.4, -0.2) is 31.1 Å². The van der Waals surface area contributed by atoms with Gasteiger partial charge in [0.15, 0.2) is 16.6 Å². The molecule has 11 heteroatoms. The van der Waals surface area contributed by atoms with Gasteiger partial charge in [-0.1, -0.05) is 12.1 Å². The average molecular weight is 494 g/mol. The predicted octanol–water partition coefficient (Wildman–Crippen LogP) is 5.15. The molecule has 0 spiro atoms. The van der Waals surface area contributed by atoms with Gasteiger partial charge in [0.2, 0.25) is 5.91 Å². The van der Waals surface area contributed by atoms with E-state index in [9.17, 15) is 22.8 Å². The molecule has 34 heavy (non-hydrogen) atoms. The van der Waals surface area contributed by atoms with E-state index in [-0.39, 0.29) is 23.8 Å². The Labute approximate surface area is 197 Å². The topological polar surface area (TPSA) is 78.0 Å². The molecule has 1 amide bonds. The number of rotatable bonds is 8. The summed E-state index contributed by atoms with van der Waals surface area (Å²) in [6.07, 6.45) is -4.56. The number of carbonyl (C=O) groups excluding carboxylic acids is 2. The van der Waals surface area contributed by atoms with Gasteiger partial charge in [-0.2, -0.15) is 13.2 Å². The number of carbonyl (C=O) groups is 2. The average Bonchev–Trinajstić information content (AvgIpc) is 3.25. The maximum atomic E-state index is 13.1. The highest BCUT2D eigenvalue weighted by atomic mass is 32.1. The van der Waals surface area contributed by atoms with Crippen molar-refractivity contribution in [2.45, 2.75) is 26.1 Å². The summed E-state index contributed by atoms with van der Waals surface area (Å²) >= 11 is 1.05. The van der Waals surface area contributed by atoms with Crippen LogP contribution in [-0.2, 0) is 33.5 Å². The Kier molecular flexibility index (Phi) is 7.77. The molecule has 0 atom stereocenters. The molecule has 3 rings (SSSR count). The molecule has 0 aliphatic heterocycles. The smallest absolute Gasteiger partial charge is 0.416 e. The Hall–Kier alpha value is -3.60. The Morgan fingerprint density at radius 2 is 1.79 bits per heavy atom. The summed E-state index contributed by atoms with van der Waals surface area (Å²) in [4.78, 5) is 29.8. The molecule has 0 bridgehead atoms. The molecular formula is C23H21F3N2O5S. The van der Waals surface area contributed by atoms with Gasteiger partial charge in [-0.15, -0.1) is 11.3 Å². The first-order valence-electron chi connectivity index (χ1n) is 9.91. The molecule has 0 aliphatic carbocycles. The van der Waals surface area contributed by atoms with Crippen molar-refractivity contribution in [3.63, 3.8) is 0 Å². The maximum Gasteiger partial charge on any atom is 0.416 e. The number of halogens is 3. The minimum absolute atomic E-state index is 0.0127. The summed E-state index contributed by atoms with van der Waals surface area (Å²) in [7, 11) is 3.00. The second-order valence-corrected chi connectivity index (χ2v) is 7.89. The van der Waals surface area contributed by atoms with Crippen LogP contribution >= 0.6 is 11.3 Å². The molecule has 3 aromatic rings. The molecule has 2 aromatic carbocycles. The lowest BCUT2D eigenvalue weighted by Crippen LogP contribution is -2.23. The van der Waals surface area contributed by atoms with Gasteiger partial charge in [-0.3, -0.25) is 14.5 Å². The first-order valence-corrected chi connectivity index (χ1v) is 10.8. The third kappa shape index (κ3) is 6.04. The van der Waals surface area contributed by atoms with Crippen molar-refractivity contribution in [3.8, 4) is 11.5 Å². The molecule has 0 aliphatic rings. The number of benzene rings is 2. The van der Waals surface area contributed by atoms with E-state index in [2.05, 4.69) is 4.98 Å². The Morgan fingerprint density at radius 1 is 1.06 bits per heavy atom. The maximum absolute atomic E-state index is 13.1. The van der Waals surface area contributed by atoms with E-state index in [0.717, 1.165) is 28.4 Å². The minimum Gasteiger partial charge on any atom is -0.493 e. The van der Waals surface area contributed by atoms with Gasteiger partial charge in [-0.25, -0.2) is 4.98 Å². The molecule has 0 N–H and O–H groups in total. The van der Waals surface area contributed by atoms with Gasteiger partial charge in [0.1, 0.15) is 6.61 Å². The largest absolute Gasteiger partial charge is 0.493 e. The van der Waals surface area contributed by atoms with Crippen molar-refractivity contribution in [3.05, 3.63) is 64.7 Å². The summed E-state index contributed by atoms with van der Waals surface area (Å²) in [5.74, 6) is -0.00461. The summed E-state index contributed by atoms with van der Waals surface area (Å²) in [5, 5.41) is 1.74. The number of thiazole rings is 1. The lowest BCUT2D eigenvalue weighted by atomic mass is 10.1. The van der Waals surface area contributed by atoms with E-state index >= 15 is 0 Å². The van der Waals surface area contributed by atoms with E-state index in [4.69, 9.17) is 14.2 Å². The molecule has 0 unspecified atom stereocenters. The van der Waals surface area contributed by atoms with Gasteiger partial charge < -0.3 is 14.2 Å². The van der Waals surface area contributed by atoms with Crippen LogP contribution in [0.3, 0.4) is 0 Å². The highest BCUT2D eigenvalue weighted by Crippen LogP contribution is 2.35. The molecule has 0 saturated carbocycles. The Bertz CT molecular complexity index is 1180. The number of amides is 1. The fourth-order valence-electron chi connectivity index (χ4n) is 3.08. The normalized spacial score (nSPS) is 11.1. The molecule has 0 fully saturated rings. The van der Waals surface area contributed by atoms with Crippen LogP contribution < -0.4 is 14.4 Å². The van der Waals surface area contributed by atoms with Crippen LogP contribution in [0.15, 0.2) is 47.8 Å². The first-order chi connectivity index (χ1) is 16.1. The zero-order chi connectivity index (χ0) is 24.9. The van der Waals surface area contributed by atoms with Crippen molar-refractivity contribution in [2.75, 3.05) is 19.1 Å². The van der Waals surface area contributed by atoms with E-state index in [1.165, 1.54) is 33.3 Å². The van der Waals surface area contributed by atoms with Crippen LogP contribution in [0.5, 0.6) is 11.5 Å². The van der Waals surface area contributed by atoms with E-state index in [1.807, 2.05) is 0 Å². The van der Waals surface area contributed by atoms with Crippen molar-refractivity contribution in [1.29, 1.82) is 0 Å². The standard InChI is InChI=1S/C23H21F3N2O5S/c1-14(29)28(18-6-4-5-16(11-18)23(24,25)26)22-27-17(13-34-22)12-33-21(30)10-15-7-8-19(31-2)20(9-15)32-3/h4-9,11,13H,10,12H2,1-3H3. The minimum atomic E-state index is -4.55. The molecule has 1 aromatic heterocycles. The summed E-state index contributed by atoms with van der Waals surface area (Å²) < 4.78 is 54.9. The first kappa shape index (κ1) is 25.0. The SMILES string of the molecule is COc1ccc(CC(=O)OCc2csc(N(C(C)=O)c3cccc(C(F)(F)F)c3)n2)cc1OC. The third-order valence-electron chi connectivity index (χ3n) is 4.65. The molecular weight excluding hydrogens is 473 g/mol. The number of aromatic nitrogens is 1. The summed E-state index contributed by atoms with van der Waals surface area (Å²) in [6.45, 7) is 1.07. The molecule has 0 saturated heterocycles. The van der Waals surface area contributed by atoms with Crippen molar-refractivity contribution >= 4 is 34.0 Å². The summed E-state index contributed by atoms with van der Waals surface area (Å²) in [6, 6.07) is 9.47. The van der Waals surface area contributed by atoms with Gasteiger partial charge in [-0.05, 0) is 35.9 Å². The number of hydrogen-bond acceptors (Lipinski definition) is 7. The quantitative estimate of drug-likeness (QED) is 0.403. The molecule has 0 radical (unpaired) electrons. The lowest BCUT2D eigenvalue weighted by molar-refractivity contribution is -0.144. The highest BCUT2D eigenvalue weighted by molar-refractivity contribution is 7.14. The van der Waals surface area contributed by atoms with Crippen molar-refractivity contribution in [1.82, 2.24) is 4.98 Å². The monoisotopic (exact) mass is 494 g/mol. The van der Waals surface area contributed by atoms with Gasteiger partial charge in [0.25, 0.3) is 0 Å². The molecule has 1 heterocycles. The number of hydrogen-bond donors (Lipinski definition) is 0. The van der Waals surface area contributed by atoms with Gasteiger partial charge in [0.05, 0.1) is 37.6 Å². The number of alkyl halides is 3. The van der Waals surface area contributed by atoms with Crippen LogP contribution in [0, 0.1) is 0 Å². The second kappa shape index (κ2) is 10.6. The van der Waals surface area contributed by atoms with Crippen LogP contribution in [0.1, 0.15) is 23.7 Å².